The van der Waals surface area contributed by atoms with Gasteiger partial charge in [-0.25, -0.2) is 0 Å². The molecular weight excluding hydrogens is 72.9 g/mol. The molecule has 0 unspecified atom stereocenters. The molecule has 1 saturated heterocycles. The maximum absolute atomic E-state index is 3.24. The minimum Gasteiger partial charge on any atom is -0.360 e. The average molecular weight is 82.9 g/mol. The predicted molar refractivity (Wildman–Crippen MR) is 28.9 cm³/mol. The van der Waals surface area contributed by atoms with Gasteiger partial charge in [0, 0.05) is 0 Å². The Balaban J connectivity index is 1.88. The molecule has 2 heteroatoms. The van der Waals surface area contributed by atoms with Crippen LogP contribution in [-0.2, 0) is 0 Å². The molecule has 0 spiro atoms. The van der Waals surface area contributed by atoms with Gasteiger partial charge in [-0.15, -0.1) is 0 Å². The van der Waals surface area contributed by atoms with Gasteiger partial charge in [0.1, 0.15) is 0 Å². The van der Waals surface area contributed by atoms with Crippen molar-refractivity contribution < 1.29 is 0 Å². The van der Waals surface area contributed by atoms with Crippen LogP contribution in [0.4, 0.5) is 0 Å². The highest BCUT2D eigenvalue weighted by Gasteiger charge is 2.23. The third-order valence-electron chi connectivity index (χ3n) is 1.13. The summed E-state index contributed by atoms with van der Waals surface area (Å²) in [7, 11) is 0. The van der Waals surface area contributed by atoms with Gasteiger partial charge in [-0.1, -0.05) is 19.7 Å². The van der Waals surface area contributed by atoms with E-state index in [2.05, 4.69) is 12.2 Å². The SMILES string of the molecule is CCCB1CN1. The summed E-state index contributed by atoms with van der Waals surface area (Å²) in [5.41, 5.74) is 0. The van der Waals surface area contributed by atoms with E-state index in [1.165, 1.54) is 19.2 Å². The van der Waals surface area contributed by atoms with Crippen molar-refractivity contribution in [2.45, 2.75) is 19.7 Å². The molecule has 0 amide bonds. The first-order valence-corrected chi connectivity index (χ1v) is 2.67. The lowest BCUT2D eigenvalue weighted by molar-refractivity contribution is 1.07. The number of hydrogen-bond donors (Lipinski definition) is 1. The van der Waals surface area contributed by atoms with E-state index < -0.39 is 0 Å². The predicted octanol–water partition coefficient (Wildman–Crippen LogP) is 0.530. The molecule has 1 rings (SSSR count). The van der Waals surface area contributed by atoms with E-state index in [-0.39, 0.29) is 0 Å². The lowest BCUT2D eigenvalue weighted by Crippen LogP contribution is -1.91. The van der Waals surface area contributed by atoms with E-state index in [1.54, 1.807) is 0 Å². The zero-order valence-corrected chi connectivity index (χ0v) is 4.20. The summed E-state index contributed by atoms with van der Waals surface area (Å²) in [4.78, 5) is 0. The van der Waals surface area contributed by atoms with Crippen LogP contribution >= 0.6 is 0 Å². The third-order valence-corrected chi connectivity index (χ3v) is 1.13. The van der Waals surface area contributed by atoms with Crippen molar-refractivity contribution in [1.29, 1.82) is 0 Å². The van der Waals surface area contributed by atoms with E-state index in [0.29, 0.717) is 0 Å². The van der Waals surface area contributed by atoms with Crippen molar-refractivity contribution in [2.24, 2.45) is 0 Å². The van der Waals surface area contributed by atoms with Gasteiger partial charge in [-0.3, -0.25) is 0 Å². The lowest BCUT2D eigenvalue weighted by atomic mass is 9.72. The molecule has 1 nitrogen and oxygen atoms in total. The first-order valence-electron chi connectivity index (χ1n) is 2.67. The van der Waals surface area contributed by atoms with E-state index in [1.807, 2.05) is 0 Å². The molecule has 0 atom stereocenters. The fourth-order valence-electron chi connectivity index (χ4n) is 0.636. The summed E-state index contributed by atoms with van der Waals surface area (Å²) in [6.07, 6.45) is 3.98. The number of rotatable bonds is 2. The molecule has 1 aliphatic rings. The standard InChI is InChI=1S/C4H10BN/c1-2-3-5-4-6-5/h6H,2-4H2,1H3. The fraction of sp³-hybridized carbons (Fsp3) is 1.00. The first kappa shape index (κ1) is 4.19. The summed E-state index contributed by atoms with van der Waals surface area (Å²) in [5, 5.41) is 3.24. The van der Waals surface area contributed by atoms with Gasteiger partial charge in [0.25, 0.3) is 0 Å². The van der Waals surface area contributed by atoms with Gasteiger partial charge in [0.15, 0.2) is 0 Å². The summed E-state index contributed by atoms with van der Waals surface area (Å²) in [6.45, 7) is 3.12. The molecule has 1 N–H and O–H groups in total. The summed E-state index contributed by atoms with van der Waals surface area (Å²) >= 11 is 0. The minimum absolute atomic E-state index is 0.898. The molecular formula is C4H10BN. The molecule has 0 aliphatic carbocycles. The Morgan fingerprint density at radius 3 is 2.67 bits per heavy atom. The molecule has 0 bridgehead atoms. The molecule has 1 aliphatic heterocycles. The van der Waals surface area contributed by atoms with E-state index >= 15 is 0 Å². The van der Waals surface area contributed by atoms with Gasteiger partial charge >= 0.3 is 0 Å². The Labute approximate surface area is 39.2 Å². The third kappa shape index (κ3) is 1.01. The molecule has 6 heavy (non-hydrogen) atoms. The fourth-order valence-corrected chi connectivity index (χ4v) is 0.636. The van der Waals surface area contributed by atoms with Crippen molar-refractivity contribution in [3.8, 4) is 0 Å². The van der Waals surface area contributed by atoms with Crippen molar-refractivity contribution in [2.75, 3.05) is 6.44 Å². The number of hydrogen-bond acceptors (Lipinski definition) is 1. The highest BCUT2D eigenvalue weighted by molar-refractivity contribution is 6.65. The quantitative estimate of drug-likeness (QED) is 0.381. The van der Waals surface area contributed by atoms with Crippen LogP contribution in [0.15, 0.2) is 0 Å². The minimum atomic E-state index is 0.898. The Morgan fingerprint density at radius 2 is 2.50 bits per heavy atom. The Hall–Kier alpha value is 0.0249. The topological polar surface area (TPSA) is 21.9 Å². The summed E-state index contributed by atoms with van der Waals surface area (Å²) in [6, 6.07) is 0. The average Bonchev–Trinajstić information content (AvgIpc) is 2.21. The van der Waals surface area contributed by atoms with Crippen LogP contribution < -0.4 is 5.23 Å². The van der Waals surface area contributed by atoms with Gasteiger partial charge in [-0.05, 0) is 6.44 Å². The summed E-state index contributed by atoms with van der Waals surface area (Å²) in [5.74, 6) is 0. The first-order chi connectivity index (χ1) is 2.93. The molecule has 34 valence electrons. The van der Waals surface area contributed by atoms with Crippen LogP contribution in [0, 0.1) is 0 Å². The molecule has 0 aromatic rings. The van der Waals surface area contributed by atoms with Crippen LogP contribution in [-0.4, -0.2) is 13.3 Å². The molecule has 0 saturated carbocycles. The van der Waals surface area contributed by atoms with Crippen LogP contribution in [0.3, 0.4) is 0 Å². The van der Waals surface area contributed by atoms with Gasteiger partial charge < -0.3 is 5.23 Å². The largest absolute Gasteiger partial charge is 0.360 e. The zero-order valence-electron chi connectivity index (χ0n) is 4.20. The van der Waals surface area contributed by atoms with E-state index in [0.717, 1.165) is 6.85 Å². The molecule has 0 radical (unpaired) electrons. The van der Waals surface area contributed by atoms with Crippen molar-refractivity contribution in [3.05, 3.63) is 0 Å². The molecule has 0 aromatic carbocycles. The lowest BCUT2D eigenvalue weighted by Gasteiger charge is -1.77. The molecule has 1 heterocycles. The second-order valence-electron chi connectivity index (χ2n) is 1.89. The van der Waals surface area contributed by atoms with E-state index in [9.17, 15) is 0 Å². The molecule has 1 fully saturated rings. The highest BCUT2D eigenvalue weighted by atomic mass is 14.9. The van der Waals surface area contributed by atoms with Gasteiger partial charge in [0.2, 0.25) is 6.85 Å². The second-order valence-corrected chi connectivity index (χ2v) is 1.89. The van der Waals surface area contributed by atoms with Crippen LogP contribution in [0.1, 0.15) is 13.3 Å². The Bertz CT molecular complexity index is 42.8. The Morgan fingerprint density at radius 1 is 1.83 bits per heavy atom. The van der Waals surface area contributed by atoms with Gasteiger partial charge in [0.05, 0.1) is 0 Å². The molecule has 0 aromatic heterocycles. The van der Waals surface area contributed by atoms with Crippen molar-refractivity contribution in [3.63, 3.8) is 0 Å². The van der Waals surface area contributed by atoms with Crippen LogP contribution in [0.5, 0.6) is 0 Å². The van der Waals surface area contributed by atoms with Crippen molar-refractivity contribution >= 4 is 6.85 Å². The normalized spacial score (nSPS) is 18.5. The maximum atomic E-state index is 3.24. The monoisotopic (exact) mass is 83.1 g/mol. The van der Waals surface area contributed by atoms with Crippen molar-refractivity contribution in [1.82, 2.24) is 5.23 Å². The number of nitrogens with one attached hydrogen (secondary N) is 1. The van der Waals surface area contributed by atoms with Crippen LogP contribution in [0.25, 0.3) is 0 Å². The Kier molecular flexibility index (Phi) is 1.15. The maximum Gasteiger partial charge on any atom is 0.233 e. The van der Waals surface area contributed by atoms with Crippen LogP contribution in [0.2, 0.25) is 6.32 Å². The van der Waals surface area contributed by atoms with Gasteiger partial charge in [-0.2, -0.15) is 0 Å². The highest BCUT2D eigenvalue weighted by Crippen LogP contribution is 2.00. The summed E-state index contributed by atoms with van der Waals surface area (Å²) < 4.78 is 0. The zero-order chi connectivity index (χ0) is 4.41. The smallest absolute Gasteiger partial charge is 0.233 e. The van der Waals surface area contributed by atoms with E-state index in [4.69, 9.17) is 0 Å². The second kappa shape index (κ2) is 1.65.